The first-order valence-electron chi connectivity index (χ1n) is 4.93. The van der Waals surface area contributed by atoms with E-state index in [0.717, 1.165) is 5.76 Å². The van der Waals surface area contributed by atoms with Gasteiger partial charge in [-0.1, -0.05) is 0 Å². The molecule has 0 aliphatic rings. The SMILES string of the molecule is Cc1ccc(N(C)C(=O)C(C)(C)CN)o1. The average molecular weight is 210 g/mol. The molecule has 0 bridgehead atoms. The Hall–Kier alpha value is -1.29. The molecule has 1 heterocycles. The molecule has 2 N–H and O–H groups in total. The van der Waals surface area contributed by atoms with Gasteiger partial charge in [-0.2, -0.15) is 0 Å². The second-order valence-corrected chi connectivity index (χ2v) is 4.34. The molecule has 0 unspecified atom stereocenters. The van der Waals surface area contributed by atoms with Crippen molar-refractivity contribution in [1.82, 2.24) is 0 Å². The predicted octanol–water partition coefficient (Wildman–Crippen LogP) is 1.54. The monoisotopic (exact) mass is 210 g/mol. The molecule has 4 nitrogen and oxygen atoms in total. The fraction of sp³-hybridized carbons (Fsp3) is 0.545. The van der Waals surface area contributed by atoms with Crippen molar-refractivity contribution in [2.45, 2.75) is 20.8 Å². The Morgan fingerprint density at radius 3 is 2.53 bits per heavy atom. The summed E-state index contributed by atoms with van der Waals surface area (Å²) in [6.45, 7) is 5.80. The molecule has 0 atom stereocenters. The molecule has 0 radical (unpaired) electrons. The van der Waals surface area contributed by atoms with Gasteiger partial charge in [0.25, 0.3) is 0 Å². The van der Waals surface area contributed by atoms with Crippen LogP contribution in [0.3, 0.4) is 0 Å². The van der Waals surface area contributed by atoms with Gasteiger partial charge in [-0.15, -0.1) is 0 Å². The van der Waals surface area contributed by atoms with Crippen LogP contribution in [-0.4, -0.2) is 19.5 Å². The molecule has 0 fully saturated rings. The summed E-state index contributed by atoms with van der Waals surface area (Å²) in [5.74, 6) is 1.30. The second-order valence-electron chi connectivity index (χ2n) is 4.34. The van der Waals surface area contributed by atoms with Crippen molar-refractivity contribution < 1.29 is 9.21 Å². The van der Waals surface area contributed by atoms with Crippen molar-refractivity contribution >= 4 is 11.8 Å². The third-order valence-electron chi connectivity index (χ3n) is 2.45. The maximum absolute atomic E-state index is 12.0. The zero-order chi connectivity index (χ0) is 11.6. The third kappa shape index (κ3) is 2.39. The molecule has 15 heavy (non-hydrogen) atoms. The highest BCUT2D eigenvalue weighted by Gasteiger charge is 2.30. The van der Waals surface area contributed by atoms with Crippen LogP contribution in [0.4, 0.5) is 5.88 Å². The highest BCUT2D eigenvalue weighted by molar-refractivity contribution is 5.95. The topological polar surface area (TPSA) is 59.5 Å². The van der Waals surface area contributed by atoms with Crippen LogP contribution in [0.15, 0.2) is 16.5 Å². The van der Waals surface area contributed by atoms with Crippen LogP contribution in [0, 0.1) is 12.3 Å². The van der Waals surface area contributed by atoms with Crippen molar-refractivity contribution in [2.24, 2.45) is 11.1 Å². The van der Waals surface area contributed by atoms with Crippen LogP contribution in [0.2, 0.25) is 0 Å². The number of hydrogen-bond acceptors (Lipinski definition) is 3. The normalized spacial score (nSPS) is 11.5. The molecule has 1 aromatic rings. The van der Waals surface area contributed by atoms with Crippen LogP contribution in [-0.2, 0) is 4.79 Å². The zero-order valence-corrected chi connectivity index (χ0v) is 9.70. The van der Waals surface area contributed by atoms with E-state index >= 15 is 0 Å². The van der Waals surface area contributed by atoms with Gasteiger partial charge in [-0.25, -0.2) is 0 Å². The number of carbonyl (C=O) groups excluding carboxylic acids is 1. The van der Waals surface area contributed by atoms with Gasteiger partial charge in [0, 0.05) is 19.7 Å². The lowest BCUT2D eigenvalue weighted by atomic mass is 9.92. The minimum atomic E-state index is -0.560. The Labute approximate surface area is 90.0 Å². The number of aryl methyl sites for hydroxylation is 1. The van der Waals surface area contributed by atoms with Gasteiger partial charge in [0.15, 0.2) is 0 Å². The molecule has 84 valence electrons. The fourth-order valence-corrected chi connectivity index (χ4v) is 1.24. The summed E-state index contributed by atoms with van der Waals surface area (Å²) >= 11 is 0. The molecule has 0 aliphatic heterocycles. The summed E-state index contributed by atoms with van der Waals surface area (Å²) in [7, 11) is 1.69. The van der Waals surface area contributed by atoms with Crippen LogP contribution >= 0.6 is 0 Å². The molecule has 0 aromatic carbocycles. The summed E-state index contributed by atoms with van der Waals surface area (Å²) in [5.41, 5.74) is 4.99. The molecule has 1 aromatic heterocycles. The Bertz CT molecular complexity index is 355. The number of nitrogens with two attached hydrogens (primary N) is 1. The van der Waals surface area contributed by atoms with E-state index in [1.165, 1.54) is 4.90 Å². The van der Waals surface area contributed by atoms with Crippen LogP contribution in [0.25, 0.3) is 0 Å². The number of carbonyl (C=O) groups is 1. The molecule has 1 amide bonds. The molecule has 0 aliphatic carbocycles. The van der Waals surface area contributed by atoms with E-state index in [0.29, 0.717) is 12.4 Å². The van der Waals surface area contributed by atoms with E-state index in [1.54, 1.807) is 13.1 Å². The number of nitrogens with zero attached hydrogens (tertiary/aromatic N) is 1. The van der Waals surface area contributed by atoms with E-state index < -0.39 is 5.41 Å². The maximum Gasteiger partial charge on any atom is 0.235 e. The van der Waals surface area contributed by atoms with Crippen LogP contribution in [0.5, 0.6) is 0 Å². The van der Waals surface area contributed by atoms with E-state index in [1.807, 2.05) is 26.8 Å². The summed E-state index contributed by atoms with van der Waals surface area (Å²) in [5, 5.41) is 0. The fourth-order valence-electron chi connectivity index (χ4n) is 1.24. The number of hydrogen-bond donors (Lipinski definition) is 1. The van der Waals surface area contributed by atoms with Crippen molar-refractivity contribution in [2.75, 3.05) is 18.5 Å². The van der Waals surface area contributed by atoms with Gasteiger partial charge in [0.2, 0.25) is 11.8 Å². The number of amides is 1. The summed E-state index contributed by atoms with van der Waals surface area (Å²) in [4.78, 5) is 13.5. The summed E-state index contributed by atoms with van der Waals surface area (Å²) < 4.78 is 5.37. The highest BCUT2D eigenvalue weighted by Crippen LogP contribution is 2.23. The molecular formula is C11H18N2O2. The lowest BCUT2D eigenvalue weighted by molar-refractivity contribution is -0.126. The van der Waals surface area contributed by atoms with E-state index in [2.05, 4.69) is 0 Å². The van der Waals surface area contributed by atoms with Crippen molar-refractivity contribution in [3.05, 3.63) is 17.9 Å². The number of rotatable bonds is 3. The molecule has 1 rings (SSSR count). The molecule has 0 saturated heterocycles. The predicted molar refractivity (Wildman–Crippen MR) is 59.7 cm³/mol. The molecular weight excluding hydrogens is 192 g/mol. The minimum absolute atomic E-state index is 0.0423. The molecule has 0 spiro atoms. The second kappa shape index (κ2) is 4.06. The Morgan fingerprint density at radius 2 is 2.13 bits per heavy atom. The van der Waals surface area contributed by atoms with E-state index in [9.17, 15) is 4.79 Å². The van der Waals surface area contributed by atoms with E-state index in [4.69, 9.17) is 10.2 Å². The van der Waals surface area contributed by atoms with Gasteiger partial charge in [-0.05, 0) is 26.8 Å². The lowest BCUT2D eigenvalue weighted by Gasteiger charge is -2.26. The van der Waals surface area contributed by atoms with E-state index in [-0.39, 0.29) is 5.91 Å². The summed E-state index contributed by atoms with van der Waals surface area (Å²) in [6, 6.07) is 3.61. The van der Waals surface area contributed by atoms with Gasteiger partial charge < -0.3 is 10.2 Å². The lowest BCUT2D eigenvalue weighted by Crippen LogP contribution is -2.42. The minimum Gasteiger partial charge on any atom is -0.445 e. The zero-order valence-electron chi connectivity index (χ0n) is 9.70. The van der Waals surface area contributed by atoms with Crippen LogP contribution < -0.4 is 10.6 Å². The Kier molecular flexibility index (Phi) is 3.19. The first kappa shape index (κ1) is 11.8. The first-order valence-corrected chi connectivity index (χ1v) is 4.93. The molecule has 0 saturated carbocycles. The van der Waals surface area contributed by atoms with Gasteiger partial charge >= 0.3 is 0 Å². The van der Waals surface area contributed by atoms with Crippen molar-refractivity contribution in [3.63, 3.8) is 0 Å². The molecule has 4 heteroatoms. The van der Waals surface area contributed by atoms with Gasteiger partial charge in [-0.3, -0.25) is 9.69 Å². The van der Waals surface area contributed by atoms with Crippen LogP contribution in [0.1, 0.15) is 19.6 Å². The Morgan fingerprint density at radius 1 is 1.53 bits per heavy atom. The van der Waals surface area contributed by atoms with Crippen molar-refractivity contribution in [1.29, 1.82) is 0 Å². The smallest absolute Gasteiger partial charge is 0.235 e. The quantitative estimate of drug-likeness (QED) is 0.823. The standard InChI is InChI=1S/C11H18N2O2/c1-8-5-6-9(15-8)13(4)10(14)11(2,3)7-12/h5-6H,7,12H2,1-4H3. The largest absolute Gasteiger partial charge is 0.445 e. The average Bonchev–Trinajstić information content (AvgIpc) is 2.62. The summed E-state index contributed by atoms with van der Waals surface area (Å²) in [6.07, 6.45) is 0. The Balaban J connectivity index is 2.86. The number of anilines is 1. The first-order chi connectivity index (χ1) is 6.88. The number of furan rings is 1. The van der Waals surface area contributed by atoms with Gasteiger partial charge in [0.05, 0.1) is 5.41 Å². The maximum atomic E-state index is 12.0. The highest BCUT2D eigenvalue weighted by atomic mass is 16.4. The van der Waals surface area contributed by atoms with Gasteiger partial charge in [0.1, 0.15) is 5.76 Å². The van der Waals surface area contributed by atoms with Crippen molar-refractivity contribution in [3.8, 4) is 0 Å². The third-order valence-corrected chi connectivity index (χ3v) is 2.45.